The van der Waals surface area contributed by atoms with Gasteiger partial charge in [-0.25, -0.2) is 0 Å². The summed E-state index contributed by atoms with van der Waals surface area (Å²) in [5.41, 5.74) is 2.54. The lowest BCUT2D eigenvalue weighted by Crippen LogP contribution is -2.50. The number of nitrogens with one attached hydrogen (secondary N) is 2. The Morgan fingerprint density at radius 3 is 2.79 bits per heavy atom. The van der Waals surface area contributed by atoms with Gasteiger partial charge in [-0.1, -0.05) is 0 Å². The van der Waals surface area contributed by atoms with Crippen LogP contribution < -0.4 is 10.6 Å². The molecule has 1 aromatic rings. The van der Waals surface area contributed by atoms with Crippen LogP contribution in [0.3, 0.4) is 0 Å². The fraction of sp³-hybridized carbons (Fsp3) is 0.467. The number of hydrogen-bond donors (Lipinski definition) is 2. The van der Waals surface area contributed by atoms with Crippen molar-refractivity contribution in [1.82, 2.24) is 5.32 Å². The Bertz CT molecular complexity index is 547. The van der Waals surface area contributed by atoms with Crippen LogP contribution in [0.1, 0.15) is 48.5 Å². The summed E-state index contributed by atoms with van der Waals surface area (Å²) in [7, 11) is 0. The molecule has 2 aliphatic rings. The maximum Gasteiger partial charge on any atom is 0.251 e. The Kier molecular flexibility index (Phi) is 2.81. The zero-order chi connectivity index (χ0) is 13.5. The second kappa shape index (κ2) is 4.37. The van der Waals surface area contributed by atoms with Crippen LogP contribution in [-0.4, -0.2) is 17.4 Å². The largest absolute Gasteiger partial charge is 0.347 e. The fourth-order valence-corrected chi connectivity index (χ4v) is 2.70. The SMILES string of the molecule is CC1(NC(=O)c2ccc3c(c2)CCC(=O)N3)CCC1. The van der Waals surface area contributed by atoms with Gasteiger partial charge in [-0.2, -0.15) is 0 Å². The third kappa shape index (κ3) is 2.35. The molecule has 1 aromatic carbocycles. The highest BCUT2D eigenvalue weighted by Gasteiger charge is 2.33. The average Bonchev–Trinajstić information content (AvgIpc) is 2.36. The third-order valence-corrected chi connectivity index (χ3v) is 4.14. The van der Waals surface area contributed by atoms with Gasteiger partial charge in [-0.3, -0.25) is 9.59 Å². The maximum absolute atomic E-state index is 12.2. The molecule has 1 saturated carbocycles. The van der Waals surface area contributed by atoms with Gasteiger partial charge >= 0.3 is 0 Å². The normalized spacial score (nSPS) is 19.9. The van der Waals surface area contributed by atoms with Gasteiger partial charge in [0.1, 0.15) is 0 Å². The van der Waals surface area contributed by atoms with Crippen molar-refractivity contribution >= 4 is 17.5 Å². The molecular formula is C15H18N2O2. The molecule has 2 amide bonds. The second-order valence-electron chi connectivity index (χ2n) is 5.79. The molecule has 2 N–H and O–H groups in total. The van der Waals surface area contributed by atoms with Gasteiger partial charge in [-0.15, -0.1) is 0 Å². The summed E-state index contributed by atoms with van der Waals surface area (Å²) in [5, 5.41) is 5.92. The molecular weight excluding hydrogens is 240 g/mol. The smallest absolute Gasteiger partial charge is 0.251 e. The van der Waals surface area contributed by atoms with Crippen LogP contribution in [0.5, 0.6) is 0 Å². The molecule has 0 aromatic heterocycles. The lowest BCUT2D eigenvalue weighted by atomic mass is 9.78. The molecule has 0 bridgehead atoms. The highest BCUT2D eigenvalue weighted by Crippen LogP contribution is 2.31. The van der Waals surface area contributed by atoms with Crippen molar-refractivity contribution in [2.75, 3.05) is 5.32 Å². The Balaban J connectivity index is 1.78. The van der Waals surface area contributed by atoms with E-state index in [4.69, 9.17) is 0 Å². The molecule has 0 saturated heterocycles. The molecule has 1 aliphatic heterocycles. The number of benzene rings is 1. The zero-order valence-corrected chi connectivity index (χ0v) is 11.1. The van der Waals surface area contributed by atoms with Gasteiger partial charge in [0.25, 0.3) is 5.91 Å². The first-order valence-corrected chi connectivity index (χ1v) is 6.81. The van der Waals surface area contributed by atoms with Crippen molar-refractivity contribution < 1.29 is 9.59 Å². The molecule has 4 nitrogen and oxygen atoms in total. The number of carbonyl (C=O) groups is 2. The number of hydrogen-bond acceptors (Lipinski definition) is 2. The first-order valence-electron chi connectivity index (χ1n) is 6.81. The van der Waals surface area contributed by atoms with Gasteiger partial charge in [0.2, 0.25) is 5.91 Å². The minimum atomic E-state index is -0.0266. The Morgan fingerprint density at radius 2 is 2.11 bits per heavy atom. The summed E-state index contributed by atoms with van der Waals surface area (Å²) in [4.78, 5) is 23.5. The van der Waals surface area contributed by atoms with E-state index in [1.807, 2.05) is 12.1 Å². The monoisotopic (exact) mass is 258 g/mol. The Morgan fingerprint density at radius 1 is 1.32 bits per heavy atom. The van der Waals surface area contributed by atoms with Crippen LogP contribution in [0.15, 0.2) is 18.2 Å². The standard InChI is InChI=1S/C15H18N2O2/c1-15(7-2-8-15)17-14(19)11-3-5-12-10(9-11)4-6-13(18)16-12/h3,5,9H,2,4,6-8H2,1H3,(H,16,18)(H,17,19). The van der Waals surface area contributed by atoms with E-state index in [0.29, 0.717) is 18.4 Å². The molecule has 1 heterocycles. The van der Waals surface area contributed by atoms with Gasteiger partial charge in [0, 0.05) is 23.2 Å². The molecule has 0 radical (unpaired) electrons. The minimum Gasteiger partial charge on any atom is -0.347 e. The molecule has 100 valence electrons. The zero-order valence-electron chi connectivity index (χ0n) is 11.1. The van der Waals surface area contributed by atoms with E-state index < -0.39 is 0 Å². The molecule has 3 rings (SSSR count). The Hall–Kier alpha value is -1.84. The topological polar surface area (TPSA) is 58.2 Å². The summed E-state index contributed by atoms with van der Waals surface area (Å²) in [6.45, 7) is 2.09. The second-order valence-corrected chi connectivity index (χ2v) is 5.79. The highest BCUT2D eigenvalue weighted by atomic mass is 16.2. The van der Waals surface area contributed by atoms with Crippen molar-refractivity contribution in [2.45, 2.75) is 44.6 Å². The molecule has 0 unspecified atom stereocenters. The van der Waals surface area contributed by atoms with Gasteiger partial charge in [0.15, 0.2) is 0 Å². The summed E-state index contributed by atoms with van der Waals surface area (Å²) in [6, 6.07) is 5.50. The molecule has 19 heavy (non-hydrogen) atoms. The van der Waals surface area contributed by atoms with Crippen LogP contribution >= 0.6 is 0 Å². The van der Waals surface area contributed by atoms with Crippen molar-refractivity contribution in [2.24, 2.45) is 0 Å². The predicted molar refractivity (Wildman–Crippen MR) is 73.1 cm³/mol. The van der Waals surface area contributed by atoms with E-state index in [9.17, 15) is 9.59 Å². The molecule has 1 aliphatic carbocycles. The third-order valence-electron chi connectivity index (χ3n) is 4.14. The van der Waals surface area contributed by atoms with Crippen LogP contribution in [0.25, 0.3) is 0 Å². The first-order chi connectivity index (χ1) is 9.06. The summed E-state index contributed by atoms with van der Waals surface area (Å²) < 4.78 is 0. The van der Waals surface area contributed by atoms with Crippen molar-refractivity contribution in [3.63, 3.8) is 0 Å². The van der Waals surface area contributed by atoms with Gasteiger partial charge in [0.05, 0.1) is 0 Å². The average molecular weight is 258 g/mol. The van der Waals surface area contributed by atoms with E-state index >= 15 is 0 Å². The van der Waals surface area contributed by atoms with Gasteiger partial charge in [-0.05, 0) is 56.4 Å². The molecule has 0 spiro atoms. The number of aryl methyl sites for hydroxylation is 1. The molecule has 4 heteroatoms. The summed E-state index contributed by atoms with van der Waals surface area (Å²) in [5.74, 6) is 0.0357. The number of anilines is 1. The quantitative estimate of drug-likeness (QED) is 0.854. The number of rotatable bonds is 2. The maximum atomic E-state index is 12.2. The van der Waals surface area contributed by atoms with Crippen LogP contribution in [-0.2, 0) is 11.2 Å². The lowest BCUT2D eigenvalue weighted by molar-refractivity contribution is -0.116. The first kappa shape index (κ1) is 12.2. The molecule has 1 fully saturated rings. The van der Waals surface area contributed by atoms with Gasteiger partial charge < -0.3 is 10.6 Å². The van der Waals surface area contributed by atoms with E-state index in [-0.39, 0.29) is 17.4 Å². The lowest BCUT2D eigenvalue weighted by Gasteiger charge is -2.39. The minimum absolute atomic E-state index is 0.0121. The number of carbonyl (C=O) groups excluding carboxylic acids is 2. The Labute approximate surface area is 112 Å². The van der Waals surface area contributed by atoms with Crippen molar-refractivity contribution in [3.05, 3.63) is 29.3 Å². The van der Waals surface area contributed by atoms with Crippen molar-refractivity contribution in [3.8, 4) is 0 Å². The molecule has 0 atom stereocenters. The van der Waals surface area contributed by atoms with Crippen molar-refractivity contribution in [1.29, 1.82) is 0 Å². The fourth-order valence-electron chi connectivity index (χ4n) is 2.70. The number of amides is 2. The summed E-state index contributed by atoms with van der Waals surface area (Å²) in [6.07, 6.45) is 4.50. The summed E-state index contributed by atoms with van der Waals surface area (Å²) >= 11 is 0. The van der Waals surface area contributed by atoms with Crippen LogP contribution in [0.2, 0.25) is 0 Å². The number of fused-ring (bicyclic) bond motifs is 1. The van der Waals surface area contributed by atoms with E-state index in [2.05, 4.69) is 17.6 Å². The van der Waals surface area contributed by atoms with Crippen LogP contribution in [0.4, 0.5) is 5.69 Å². The van der Waals surface area contributed by atoms with Crippen LogP contribution in [0, 0.1) is 0 Å². The highest BCUT2D eigenvalue weighted by molar-refractivity contribution is 5.98. The predicted octanol–water partition coefficient (Wildman–Crippen LogP) is 2.24. The van der Waals surface area contributed by atoms with E-state index in [0.717, 1.165) is 24.1 Å². The van der Waals surface area contributed by atoms with E-state index in [1.165, 1.54) is 6.42 Å². The van der Waals surface area contributed by atoms with E-state index in [1.54, 1.807) is 6.07 Å².